The first-order chi connectivity index (χ1) is 11.1. The third-order valence-corrected chi connectivity index (χ3v) is 4.07. The first-order valence-electron chi connectivity index (χ1n) is 7.27. The van der Waals surface area contributed by atoms with Gasteiger partial charge in [-0.15, -0.1) is 11.3 Å². The Morgan fingerprint density at radius 2 is 1.65 bits per heavy atom. The van der Waals surface area contributed by atoms with Crippen LogP contribution >= 0.6 is 11.3 Å². The summed E-state index contributed by atoms with van der Waals surface area (Å²) in [5.41, 5.74) is 4.98. The highest BCUT2D eigenvalue weighted by Gasteiger charge is 2.05. The van der Waals surface area contributed by atoms with Crippen molar-refractivity contribution < 1.29 is 4.79 Å². The maximum Gasteiger partial charge on any atom is 0.221 e. The van der Waals surface area contributed by atoms with E-state index in [1.807, 2.05) is 41.8 Å². The number of aryl methyl sites for hydroxylation is 1. The number of hydrogen-bond donors (Lipinski definition) is 2. The number of hydrogen-bond acceptors (Lipinski definition) is 4. The zero-order chi connectivity index (χ0) is 16.2. The molecular weight excluding hydrogens is 306 g/mol. The van der Waals surface area contributed by atoms with Gasteiger partial charge < -0.3 is 10.6 Å². The normalized spacial score (nSPS) is 10.3. The minimum Gasteiger partial charge on any atom is -0.332 e. The smallest absolute Gasteiger partial charge is 0.221 e. The second kappa shape index (κ2) is 6.62. The summed E-state index contributed by atoms with van der Waals surface area (Å²) < 4.78 is 0. The average Bonchev–Trinajstić information content (AvgIpc) is 2.98. The molecule has 0 bridgehead atoms. The van der Waals surface area contributed by atoms with Gasteiger partial charge in [0.15, 0.2) is 5.13 Å². The lowest BCUT2D eigenvalue weighted by Crippen LogP contribution is -2.05. The molecule has 0 spiro atoms. The van der Waals surface area contributed by atoms with Crippen molar-refractivity contribution in [3.05, 3.63) is 59.5 Å². The topological polar surface area (TPSA) is 54.0 Å². The molecule has 23 heavy (non-hydrogen) atoms. The maximum atomic E-state index is 11.0. The van der Waals surface area contributed by atoms with Crippen LogP contribution in [0.5, 0.6) is 0 Å². The standard InChI is InChI=1S/C18H17N3OS/c1-12-3-7-16(8-4-12)20-18-21-17(11-23-18)14-5-9-15(10-6-14)19-13(2)22/h3-11H,1-2H3,(H,19,22)(H,20,21). The Hall–Kier alpha value is -2.66. The number of benzene rings is 2. The van der Waals surface area contributed by atoms with Gasteiger partial charge in [0.1, 0.15) is 0 Å². The molecule has 0 radical (unpaired) electrons. The van der Waals surface area contributed by atoms with Gasteiger partial charge in [0.2, 0.25) is 5.91 Å². The SMILES string of the molecule is CC(=O)Nc1ccc(-c2csc(Nc3ccc(C)cc3)n2)cc1. The summed E-state index contributed by atoms with van der Waals surface area (Å²) in [4.78, 5) is 15.6. The van der Waals surface area contributed by atoms with Crippen LogP contribution < -0.4 is 10.6 Å². The van der Waals surface area contributed by atoms with Crippen molar-refractivity contribution in [3.63, 3.8) is 0 Å². The van der Waals surface area contributed by atoms with Crippen LogP contribution in [0.4, 0.5) is 16.5 Å². The predicted molar refractivity (Wildman–Crippen MR) is 96.3 cm³/mol. The van der Waals surface area contributed by atoms with Gasteiger partial charge in [-0.2, -0.15) is 0 Å². The molecule has 3 aromatic rings. The lowest BCUT2D eigenvalue weighted by molar-refractivity contribution is -0.114. The van der Waals surface area contributed by atoms with Gasteiger partial charge in [-0.25, -0.2) is 4.98 Å². The summed E-state index contributed by atoms with van der Waals surface area (Å²) in [7, 11) is 0. The van der Waals surface area contributed by atoms with Gasteiger partial charge in [0.05, 0.1) is 5.69 Å². The summed E-state index contributed by atoms with van der Waals surface area (Å²) in [5.74, 6) is -0.0732. The fourth-order valence-corrected chi connectivity index (χ4v) is 2.89. The molecule has 2 aromatic carbocycles. The molecular formula is C18H17N3OS. The van der Waals surface area contributed by atoms with Crippen LogP contribution in [0.2, 0.25) is 0 Å². The summed E-state index contributed by atoms with van der Waals surface area (Å²) in [6.07, 6.45) is 0. The van der Waals surface area contributed by atoms with E-state index in [4.69, 9.17) is 0 Å². The van der Waals surface area contributed by atoms with E-state index in [0.29, 0.717) is 0 Å². The molecule has 0 aliphatic heterocycles. The number of nitrogens with one attached hydrogen (secondary N) is 2. The summed E-state index contributed by atoms with van der Waals surface area (Å²) in [6.45, 7) is 3.56. The molecule has 4 nitrogen and oxygen atoms in total. The molecule has 2 N–H and O–H groups in total. The fraction of sp³-hybridized carbons (Fsp3) is 0.111. The molecule has 1 aromatic heterocycles. The van der Waals surface area contributed by atoms with E-state index in [1.54, 1.807) is 11.3 Å². The van der Waals surface area contributed by atoms with E-state index in [1.165, 1.54) is 12.5 Å². The number of anilines is 3. The van der Waals surface area contributed by atoms with Gasteiger partial charge in [-0.3, -0.25) is 4.79 Å². The molecule has 5 heteroatoms. The molecule has 0 aliphatic rings. The largest absolute Gasteiger partial charge is 0.332 e. The van der Waals surface area contributed by atoms with E-state index in [2.05, 4.69) is 34.7 Å². The zero-order valence-electron chi connectivity index (χ0n) is 13.0. The monoisotopic (exact) mass is 323 g/mol. The summed E-state index contributed by atoms with van der Waals surface area (Å²) >= 11 is 1.57. The van der Waals surface area contributed by atoms with Crippen molar-refractivity contribution in [2.24, 2.45) is 0 Å². The number of amides is 1. The highest BCUT2D eigenvalue weighted by atomic mass is 32.1. The van der Waals surface area contributed by atoms with Crippen LogP contribution in [-0.2, 0) is 4.79 Å². The molecule has 0 unspecified atom stereocenters. The Morgan fingerprint density at radius 1 is 1.00 bits per heavy atom. The van der Waals surface area contributed by atoms with Crippen molar-refractivity contribution in [3.8, 4) is 11.3 Å². The molecule has 0 saturated carbocycles. The minimum atomic E-state index is -0.0732. The minimum absolute atomic E-state index is 0.0732. The Morgan fingerprint density at radius 3 is 2.30 bits per heavy atom. The number of aromatic nitrogens is 1. The quantitative estimate of drug-likeness (QED) is 0.723. The van der Waals surface area contributed by atoms with Crippen LogP contribution in [0.1, 0.15) is 12.5 Å². The fourth-order valence-electron chi connectivity index (χ4n) is 2.15. The molecule has 0 saturated heterocycles. The number of rotatable bonds is 4. The van der Waals surface area contributed by atoms with Crippen LogP contribution in [0.25, 0.3) is 11.3 Å². The van der Waals surface area contributed by atoms with Crippen molar-refractivity contribution >= 4 is 33.8 Å². The molecule has 1 heterocycles. The third kappa shape index (κ3) is 3.96. The van der Waals surface area contributed by atoms with E-state index in [-0.39, 0.29) is 5.91 Å². The highest BCUT2D eigenvalue weighted by molar-refractivity contribution is 7.14. The number of carbonyl (C=O) groups excluding carboxylic acids is 1. The maximum absolute atomic E-state index is 11.0. The van der Waals surface area contributed by atoms with Crippen LogP contribution in [-0.4, -0.2) is 10.9 Å². The zero-order valence-corrected chi connectivity index (χ0v) is 13.8. The van der Waals surface area contributed by atoms with Crippen LogP contribution in [0.3, 0.4) is 0 Å². The van der Waals surface area contributed by atoms with Crippen molar-refractivity contribution in [2.75, 3.05) is 10.6 Å². The summed E-state index contributed by atoms with van der Waals surface area (Å²) in [6, 6.07) is 15.9. The predicted octanol–water partition coefficient (Wildman–Crippen LogP) is 4.82. The number of nitrogens with zero attached hydrogens (tertiary/aromatic N) is 1. The first kappa shape index (κ1) is 15.2. The van der Waals surface area contributed by atoms with Gasteiger partial charge >= 0.3 is 0 Å². The molecule has 0 atom stereocenters. The Bertz CT molecular complexity index is 807. The van der Waals surface area contributed by atoms with Crippen molar-refractivity contribution in [2.45, 2.75) is 13.8 Å². The van der Waals surface area contributed by atoms with Gasteiger partial charge in [0, 0.05) is 29.2 Å². The van der Waals surface area contributed by atoms with Gasteiger partial charge in [-0.1, -0.05) is 29.8 Å². The first-order valence-corrected chi connectivity index (χ1v) is 8.15. The molecule has 116 valence electrons. The number of thiazole rings is 1. The summed E-state index contributed by atoms with van der Waals surface area (Å²) in [5, 5.41) is 8.94. The molecule has 1 amide bonds. The van der Waals surface area contributed by atoms with Crippen molar-refractivity contribution in [1.29, 1.82) is 0 Å². The van der Waals surface area contributed by atoms with E-state index in [0.717, 1.165) is 27.8 Å². The van der Waals surface area contributed by atoms with Gasteiger partial charge in [0.25, 0.3) is 0 Å². The van der Waals surface area contributed by atoms with E-state index < -0.39 is 0 Å². The highest BCUT2D eigenvalue weighted by Crippen LogP contribution is 2.28. The van der Waals surface area contributed by atoms with Crippen molar-refractivity contribution in [1.82, 2.24) is 4.98 Å². The van der Waals surface area contributed by atoms with Crippen LogP contribution in [0, 0.1) is 6.92 Å². The molecule has 0 aliphatic carbocycles. The van der Waals surface area contributed by atoms with Gasteiger partial charge in [-0.05, 0) is 31.2 Å². The molecule has 0 fully saturated rings. The second-order valence-corrected chi connectivity index (χ2v) is 6.15. The molecule has 3 rings (SSSR count). The number of carbonyl (C=O) groups is 1. The lowest BCUT2D eigenvalue weighted by atomic mass is 10.1. The lowest BCUT2D eigenvalue weighted by Gasteiger charge is -2.03. The Kier molecular flexibility index (Phi) is 4.39. The third-order valence-electron chi connectivity index (χ3n) is 3.31. The average molecular weight is 323 g/mol. The van der Waals surface area contributed by atoms with E-state index in [9.17, 15) is 4.79 Å². The van der Waals surface area contributed by atoms with E-state index >= 15 is 0 Å². The Labute approximate surface area is 139 Å². The van der Waals surface area contributed by atoms with Crippen LogP contribution in [0.15, 0.2) is 53.9 Å². The second-order valence-electron chi connectivity index (χ2n) is 5.29. The Balaban J connectivity index is 1.73.